The first kappa shape index (κ1) is 22.7. The average molecular weight is 435 g/mol. The molecule has 158 valence electrons. The van der Waals surface area contributed by atoms with Gasteiger partial charge in [0, 0.05) is 18.2 Å². The van der Waals surface area contributed by atoms with Crippen LogP contribution in [0, 0.1) is 10.1 Å². The fourth-order valence-corrected chi connectivity index (χ4v) is 2.54. The fraction of sp³-hybridized carbons (Fsp3) is 0.200. The van der Waals surface area contributed by atoms with Gasteiger partial charge in [0.15, 0.2) is 18.1 Å². The van der Waals surface area contributed by atoms with Gasteiger partial charge in [-0.2, -0.15) is 0 Å². The fourth-order valence-electron chi connectivity index (χ4n) is 2.32. The molecule has 9 nitrogen and oxygen atoms in total. The van der Waals surface area contributed by atoms with Crippen LogP contribution in [0.1, 0.15) is 12.5 Å². The Labute approximate surface area is 177 Å². The molecule has 0 aliphatic rings. The van der Waals surface area contributed by atoms with Crippen molar-refractivity contribution in [1.29, 1.82) is 0 Å². The second kappa shape index (κ2) is 10.8. The number of non-ortho nitro benzene ring substituents is 1. The number of halogens is 1. The van der Waals surface area contributed by atoms with Crippen molar-refractivity contribution in [2.24, 2.45) is 0 Å². The largest absolute Gasteiger partial charge is 0.493 e. The Hall–Kier alpha value is -3.59. The molecule has 30 heavy (non-hydrogen) atoms. The van der Waals surface area contributed by atoms with E-state index in [2.05, 4.69) is 5.32 Å². The van der Waals surface area contributed by atoms with Crippen molar-refractivity contribution in [2.45, 2.75) is 6.92 Å². The number of esters is 1. The minimum Gasteiger partial charge on any atom is -0.493 e. The first-order valence-corrected chi connectivity index (χ1v) is 9.11. The molecule has 0 heterocycles. The topological polar surface area (TPSA) is 117 Å². The molecule has 2 aromatic carbocycles. The van der Waals surface area contributed by atoms with Crippen molar-refractivity contribution < 1.29 is 28.7 Å². The summed E-state index contributed by atoms with van der Waals surface area (Å²) >= 11 is 5.90. The number of benzene rings is 2. The van der Waals surface area contributed by atoms with Gasteiger partial charge in [0.05, 0.1) is 29.4 Å². The van der Waals surface area contributed by atoms with Crippen molar-refractivity contribution in [3.63, 3.8) is 0 Å². The van der Waals surface area contributed by atoms with E-state index in [9.17, 15) is 19.7 Å². The predicted molar refractivity (Wildman–Crippen MR) is 111 cm³/mol. The monoisotopic (exact) mass is 434 g/mol. The zero-order valence-corrected chi connectivity index (χ0v) is 17.0. The highest BCUT2D eigenvalue weighted by atomic mass is 35.5. The van der Waals surface area contributed by atoms with E-state index in [1.807, 2.05) is 6.92 Å². The van der Waals surface area contributed by atoms with E-state index in [1.54, 1.807) is 18.2 Å². The quantitative estimate of drug-likeness (QED) is 0.275. The van der Waals surface area contributed by atoms with Crippen LogP contribution in [-0.2, 0) is 14.3 Å². The summed E-state index contributed by atoms with van der Waals surface area (Å²) in [5.74, 6) is -0.268. The van der Waals surface area contributed by atoms with E-state index in [0.29, 0.717) is 23.7 Å². The number of hydrogen-bond donors (Lipinski definition) is 1. The first-order chi connectivity index (χ1) is 14.3. The molecule has 0 radical (unpaired) electrons. The van der Waals surface area contributed by atoms with Crippen LogP contribution < -0.4 is 14.8 Å². The minimum atomic E-state index is -0.729. The molecule has 0 bridgehead atoms. The molecule has 0 saturated heterocycles. The van der Waals surface area contributed by atoms with Gasteiger partial charge in [-0.15, -0.1) is 0 Å². The number of ether oxygens (including phenoxy) is 3. The van der Waals surface area contributed by atoms with Crippen LogP contribution in [0.3, 0.4) is 0 Å². The molecule has 0 fully saturated rings. The third-order valence-corrected chi connectivity index (χ3v) is 4.00. The van der Waals surface area contributed by atoms with Crippen molar-refractivity contribution >= 4 is 40.9 Å². The van der Waals surface area contributed by atoms with Crippen LogP contribution in [0.15, 0.2) is 42.5 Å². The molecule has 0 aliphatic heterocycles. The van der Waals surface area contributed by atoms with E-state index < -0.39 is 23.4 Å². The molecule has 0 aliphatic carbocycles. The lowest BCUT2D eigenvalue weighted by Crippen LogP contribution is -2.20. The maximum atomic E-state index is 11.9. The van der Waals surface area contributed by atoms with Gasteiger partial charge in [0.2, 0.25) is 0 Å². The maximum absolute atomic E-state index is 11.9. The molecule has 2 aromatic rings. The summed E-state index contributed by atoms with van der Waals surface area (Å²) in [7, 11) is 1.51. The summed E-state index contributed by atoms with van der Waals surface area (Å²) in [6.45, 7) is 1.79. The number of nitrogens with one attached hydrogen (secondary N) is 1. The van der Waals surface area contributed by atoms with Crippen LogP contribution in [0.2, 0.25) is 5.02 Å². The number of anilines is 1. The molecule has 0 aromatic heterocycles. The van der Waals surface area contributed by atoms with Gasteiger partial charge >= 0.3 is 5.97 Å². The highest BCUT2D eigenvalue weighted by molar-refractivity contribution is 6.34. The Balaban J connectivity index is 1.89. The van der Waals surface area contributed by atoms with Crippen molar-refractivity contribution in [1.82, 2.24) is 0 Å². The first-order valence-electron chi connectivity index (χ1n) is 8.73. The molecule has 1 amide bonds. The summed E-state index contributed by atoms with van der Waals surface area (Å²) in [4.78, 5) is 33.8. The Bertz CT molecular complexity index is 976. The lowest BCUT2D eigenvalue weighted by atomic mass is 10.2. The van der Waals surface area contributed by atoms with Crippen LogP contribution in [-0.4, -0.2) is 37.1 Å². The van der Waals surface area contributed by atoms with Crippen LogP contribution in [0.25, 0.3) is 6.08 Å². The third kappa shape index (κ3) is 6.49. The van der Waals surface area contributed by atoms with Gasteiger partial charge in [0.25, 0.3) is 11.6 Å². The Morgan fingerprint density at radius 1 is 1.20 bits per heavy atom. The maximum Gasteiger partial charge on any atom is 0.331 e. The Morgan fingerprint density at radius 2 is 1.97 bits per heavy atom. The highest BCUT2D eigenvalue weighted by Crippen LogP contribution is 2.28. The predicted octanol–water partition coefficient (Wildman–Crippen LogP) is 3.85. The van der Waals surface area contributed by atoms with Gasteiger partial charge in [0.1, 0.15) is 0 Å². The number of amides is 1. The number of hydrogen-bond acceptors (Lipinski definition) is 7. The number of nitro groups is 1. The lowest BCUT2D eigenvalue weighted by molar-refractivity contribution is -0.384. The van der Waals surface area contributed by atoms with Gasteiger partial charge in [-0.05, 0) is 36.8 Å². The minimum absolute atomic E-state index is 0.00628. The highest BCUT2D eigenvalue weighted by Gasteiger charge is 2.12. The smallest absolute Gasteiger partial charge is 0.331 e. The zero-order valence-electron chi connectivity index (χ0n) is 16.2. The van der Waals surface area contributed by atoms with E-state index in [0.717, 1.165) is 6.07 Å². The Kier molecular flexibility index (Phi) is 8.18. The lowest BCUT2D eigenvalue weighted by Gasteiger charge is -2.09. The molecule has 0 spiro atoms. The molecular formula is C20H19ClN2O7. The molecular weight excluding hydrogens is 416 g/mol. The second-order valence-electron chi connectivity index (χ2n) is 5.75. The van der Waals surface area contributed by atoms with Gasteiger partial charge in [-0.25, -0.2) is 4.79 Å². The summed E-state index contributed by atoms with van der Waals surface area (Å²) < 4.78 is 15.5. The molecule has 0 atom stereocenters. The standard InChI is InChI=1S/C20H19ClN2O7/c1-3-29-17-8-4-13(10-18(17)28-2)5-9-20(25)30-12-19(24)22-16-7-6-14(23(26)27)11-15(16)21/h4-11H,3,12H2,1-2H3,(H,22,24)/b9-5+. The van der Waals surface area contributed by atoms with Crippen molar-refractivity contribution in [3.8, 4) is 11.5 Å². The average Bonchev–Trinajstić information content (AvgIpc) is 2.73. The van der Waals surface area contributed by atoms with E-state index in [-0.39, 0.29) is 16.4 Å². The molecule has 10 heteroatoms. The number of methoxy groups -OCH3 is 1. The number of nitrogens with zero attached hydrogens (tertiary/aromatic N) is 1. The number of rotatable bonds is 9. The molecule has 2 rings (SSSR count). The van der Waals surface area contributed by atoms with Gasteiger partial charge in [-0.1, -0.05) is 17.7 Å². The number of carbonyl (C=O) groups excluding carboxylic acids is 2. The van der Waals surface area contributed by atoms with Crippen LogP contribution >= 0.6 is 11.6 Å². The van der Waals surface area contributed by atoms with Gasteiger partial charge < -0.3 is 19.5 Å². The Morgan fingerprint density at radius 3 is 2.60 bits per heavy atom. The zero-order chi connectivity index (χ0) is 22.1. The third-order valence-electron chi connectivity index (χ3n) is 3.68. The molecule has 1 N–H and O–H groups in total. The van der Waals surface area contributed by atoms with E-state index in [4.69, 9.17) is 25.8 Å². The van der Waals surface area contributed by atoms with E-state index >= 15 is 0 Å². The summed E-state index contributed by atoms with van der Waals surface area (Å²) in [6, 6.07) is 8.74. The number of nitro benzene ring substituents is 1. The second-order valence-corrected chi connectivity index (χ2v) is 6.16. The van der Waals surface area contributed by atoms with E-state index in [1.165, 1.54) is 31.4 Å². The van der Waals surface area contributed by atoms with Crippen molar-refractivity contribution in [3.05, 3.63) is 63.2 Å². The van der Waals surface area contributed by atoms with Gasteiger partial charge in [-0.3, -0.25) is 14.9 Å². The summed E-state index contributed by atoms with van der Waals surface area (Å²) in [6.07, 6.45) is 2.67. The number of carbonyl (C=O) groups is 2. The van der Waals surface area contributed by atoms with Crippen LogP contribution in [0.4, 0.5) is 11.4 Å². The normalized spacial score (nSPS) is 10.5. The van der Waals surface area contributed by atoms with Crippen LogP contribution in [0.5, 0.6) is 11.5 Å². The SMILES string of the molecule is CCOc1ccc(/C=C/C(=O)OCC(=O)Nc2ccc([N+](=O)[O-])cc2Cl)cc1OC. The summed E-state index contributed by atoms with van der Waals surface area (Å²) in [5.41, 5.74) is 0.634. The van der Waals surface area contributed by atoms with Crippen molar-refractivity contribution in [2.75, 3.05) is 25.6 Å². The summed E-state index contributed by atoms with van der Waals surface area (Å²) in [5, 5.41) is 13.1. The molecule has 0 saturated carbocycles. The molecule has 0 unspecified atom stereocenters.